The van der Waals surface area contributed by atoms with Crippen LogP contribution >= 0.6 is 0 Å². The molecule has 1 amide bonds. The molecule has 88 valence electrons. The van der Waals surface area contributed by atoms with Crippen molar-refractivity contribution < 1.29 is 19.2 Å². The van der Waals surface area contributed by atoms with Crippen molar-refractivity contribution in [2.75, 3.05) is 6.54 Å². The highest BCUT2D eigenvalue weighted by molar-refractivity contribution is 5.92. The molecular weight excluding hydrogens is 228 g/mol. The summed E-state index contributed by atoms with van der Waals surface area (Å²) in [5, 5.41) is 10.4. The van der Waals surface area contributed by atoms with E-state index in [9.17, 15) is 19.7 Å². The largest absolute Gasteiger partial charge is 0.418 e. The Morgan fingerprint density at radius 2 is 1.94 bits per heavy atom. The number of hydrogen-bond acceptors (Lipinski definition) is 5. The van der Waals surface area contributed by atoms with E-state index in [1.165, 1.54) is 29.2 Å². The van der Waals surface area contributed by atoms with Crippen LogP contribution in [0.5, 0.6) is 0 Å². The quantitative estimate of drug-likeness (QED) is 0.339. The predicted molar refractivity (Wildman–Crippen MR) is 55.0 cm³/mol. The number of nitro groups is 1. The van der Waals surface area contributed by atoms with Gasteiger partial charge in [0.15, 0.2) is 0 Å². The normalized spacial score (nSPS) is 14.9. The van der Waals surface area contributed by atoms with Crippen LogP contribution in [0, 0.1) is 10.1 Å². The van der Waals surface area contributed by atoms with Gasteiger partial charge < -0.3 is 4.74 Å². The minimum Gasteiger partial charge on any atom is -0.375 e. The summed E-state index contributed by atoms with van der Waals surface area (Å²) in [6, 6.07) is 5.76. The Kier molecular flexibility index (Phi) is 2.73. The number of nitro benzene ring substituents is 1. The van der Waals surface area contributed by atoms with E-state index >= 15 is 0 Å². The maximum Gasteiger partial charge on any atom is 0.418 e. The molecule has 0 aliphatic carbocycles. The summed E-state index contributed by atoms with van der Waals surface area (Å²) >= 11 is 0. The SMILES string of the molecule is O=C1CN(Cc2ccc([N+](=O)[O-])cc2)C(=O)O1. The van der Waals surface area contributed by atoms with Crippen molar-refractivity contribution >= 4 is 17.7 Å². The summed E-state index contributed by atoms with van der Waals surface area (Å²) < 4.78 is 4.35. The molecule has 1 fully saturated rings. The highest BCUT2D eigenvalue weighted by Gasteiger charge is 2.29. The van der Waals surface area contributed by atoms with Crippen LogP contribution in [-0.2, 0) is 16.1 Å². The van der Waals surface area contributed by atoms with Gasteiger partial charge in [-0.15, -0.1) is 0 Å². The van der Waals surface area contributed by atoms with Crippen LogP contribution in [0.1, 0.15) is 5.56 Å². The van der Waals surface area contributed by atoms with E-state index in [1.807, 2.05) is 0 Å². The van der Waals surface area contributed by atoms with Crippen LogP contribution in [0.3, 0.4) is 0 Å². The molecule has 1 heterocycles. The Balaban J connectivity index is 2.07. The number of ether oxygens (including phenoxy) is 1. The van der Waals surface area contributed by atoms with E-state index in [2.05, 4.69) is 4.74 Å². The molecule has 2 rings (SSSR count). The topological polar surface area (TPSA) is 89.8 Å². The molecule has 0 unspecified atom stereocenters. The highest BCUT2D eigenvalue weighted by Crippen LogP contribution is 2.15. The number of carbonyl (C=O) groups excluding carboxylic acids is 2. The van der Waals surface area contributed by atoms with Crippen molar-refractivity contribution in [1.29, 1.82) is 0 Å². The van der Waals surface area contributed by atoms with Crippen LogP contribution < -0.4 is 0 Å². The number of amides is 1. The number of non-ortho nitro benzene ring substituents is 1. The van der Waals surface area contributed by atoms with E-state index in [4.69, 9.17) is 0 Å². The summed E-state index contributed by atoms with van der Waals surface area (Å²) in [5.41, 5.74) is 0.677. The van der Waals surface area contributed by atoms with Gasteiger partial charge in [0.1, 0.15) is 6.54 Å². The molecule has 0 saturated carbocycles. The fourth-order valence-corrected chi connectivity index (χ4v) is 1.48. The fraction of sp³-hybridized carbons (Fsp3) is 0.200. The van der Waals surface area contributed by atoms with Crippen LogP contribution in [-0.4, -0.2) is 28.4 Å². The lowest BCUT2D eigenvalue weighted by Crippen LogP contribution is -2.23. The molecule has 0 spiro atoms. The monoisotopic (exact) mass is 236 g/mol. The Labute approximate surface area is 95.7 Å². The summed E-state index contributed by atoms with van der Waals surface area (Å²) in [6.07, 6.45) is -0.687. The number of hydrogen-bond donors (Lipinski definition) is 0. The van der Waals surface area contributed by atoms with Gasteiger partial charge in [-0.05, 0) is 5.56 Å². The van der Waals surface area contributed by atoms with Gasteiger partial charge in [-0.25, -0.2) is 9.59 Å². The molecule has 0 atom stereocenters. The van der Waals surface area contributed by atoms with Crippen molar-refractivity contribution in [2.45, 2.75) is 6.54 Å². The maximum absolute atomic E-state index is 11.1. The smallest absolute Gasteiger partial charge is 0.375 e. The number of esters is 1. The lowest BCUT2D eigenvalue weighted by Gasteiger charge is -2.10. The third-order valence-electron chi connectivity index (χ3n) is 2.30. The summed E-state index contributed by atoms with van der Waals surface area (Å²) in [5.74, 6) is -0.586. The average molecular weight is 236 g/mol. The van der Waals surface area contributed by atoms with Gasteiger partial charge in [0.2, 0.25) is 0 Å². The molecule has 1 aromatic carbocycles. The Morgan fingerprint density at radius 3 is 2.41 bits per heavy atom. The third-order valence-corrected chi connectivity index (χ3v) is 2.30. The lowest BCUT2D eigenvalue weighted by molar-refractivity contribution is -0.384. The first-order chi connectivity index (χ1) is 8.06. The zero-order chi connectivity index (χ0) is 12.4. The molecule has 0 bridgehead atoms. The van der Waals surface area contributed by atoms with E-state index in [1.54, 1.807) is 0 Å². The number of benzene rings is 1. The van der Waals surface area contributed by atoms with E-state index in [-0.39, 0.29) is 18.8 Å². The van der Waals surface area contributed by atoms with E-state index < -0.39 is 17.0 Å². The van der Waals surface area contributed by atoms with Crippen LogP contribution in [0.4, 0.5) is 10.5 Å². The predicted octanol–water partition coefficient (Wildman–Crippen LogP) is 1.07. The van der Waals surface area contributed by atoms with E-state index in [0.717, 1.165) is 0 Å². The molecule has 0 radical (unpaired) electrons. The first-order valence-corrected chi connectivity index (χ1v) is 4.79. The van der Waals surface area contributed by atoms with E-state index in [0.29, 0.717) is 5.56 Å². The number of carbonyl (C=O) groups is 2. The van der Waals surface area contributed by atoms with Crippen molar-refractivity contribution in [3.8, 4) is 0 Å². The van der Waals surface area contributed by atoms with Gasteiger partial charge in [0, 0.05) is 18.7 Å². The first-order valence-electron chi connectivity index (χ1n) is 4.79. The fourth-order valence-electron chi connectivity index (χ4n) is 1.48. The molecule has 1 saturated heterocycles. The first kappa shape index (κ1) is 11.1. The Hall–Kier alpha value is -2.44. The molecule has 0 aromatic heterocycles. The molecule has 7 nitrogen and oxygen atoms in total. The second kappa shape index (κ2) is 4.20. The maximum atomic E-state index is 11.1. The third kappa shape index (κ3) is 2.39. The molecule has 1 aromatic rings. The molecule has 1 aliphatic rings. The van der Waals surface area contributed by atoms with Gasteiger partial charge in [0.05, 0.1) is 4.92 Å². The minimum absolute atomic E-state index is 0.0196. The minimum atomic E-state index is -0.687. The summed E-state index contributed by atoms with van der Waals surface area (Å²) in [4.78, 5) is 33.1. The molecular formula is C10H8N2O5. The van der Waals surface area contributed by atoms with Crippen molar-refractivity contribution in [3.05, 3.63) is 39.9 Å². The van der Waals surface area contributed by atoms with Crippen LogP contribution in [0.2, 0.25) is 0 Å². The summed E-state index contributed by atoms with van der Waals surface area (Å²) in [6.45, 7) is 0.110. The van der Waals surface area contributed by atoms with Crippen LogP contribution in [0.15, 0.2) is 24.3 Å². The van der Waals surface area contributed by atoms with Crippen molar-refractivity contribution in [3.63, 3.8) is 0 Å². The zero-order valence-corrected chi connectivity index (χ0v) is 8.66. The Morgan fingerprint density at radius 1 is 1.29 bits per heavy atom. The molecule has 7 heteroatoms. The zero-order valence-electron chi connectivity index (χ0n) is 8.66. The van der Waals surface area contributed by atoms with Gasteiger partial charge in [-0.3, -0.25) is 15.0 Å². The van der Waals surface area contributed by atoms with Crippen molar-refractivity contribution in [2.24, 2.45) is 0 Å². The van der Waals surface area contributed by atoms with Crippen LogP contribution in [0.25, 0.3) is 0 Å². The molecule has 17 heavy (non-hydrogen) atoms. The van der Waals surface area contributed by atoms with Gasteiger partial charge in [-0.1, -0.05) is 12.1 Å². The number of cyclic esters (lactones) is 2. The second-order valence-electron chi connectivity index (χ2n) is 3.52. The second-order valence-corrected chi connectivity index (χ2v) is 3.52. The number of nitrogens with zero attached hydrogens (tertiary/aromatic N) is 2. The lowest BCUT2D eigenvalue weighted by atomic mass is 10.2. The molecule has 1 aliphatic heterocycles. The standard InChI is InChI=1S/C10H8N2O5/c13-9-6-11(10(14)17-9)5-7-1-3-8(4-2-7)12(15)16/h1-4H,5-6H2. The average Bonchev–Trinajstić information content (AvgIpc) is 2.58. The Bertz CT molecular complexity index is 482. The molecule has 0 N–H and O–H groups in total. The number of rotatable bonds is 3. The van der Waals surface area contributed by atoms with Gasteiger partial charge in [0.25, 0.3) is 5.69 Å². The van der Waals surface area contributed by atoms with Gasteiger partial charge in [-0.2, -0.15) is 0 Å². The summed E-state index contributed by atoms with van der Waals surface area (Å²) in [7, 11) is 0. The van der Waals surface area contributed by atoms with Gasteiger partial charge >= 0.3 is 12.1 Å². The highest BCUT2D eigenvalue weighted by atomic mass is 16.6. The van der Waals surface area contributed by atoms with Crippen molar-refractivity contribution in [1.82, 2.24) is 4.90 Å².